The lowest BCUT2D eigenvalue weighted by atomic mass is 9.79. The minimum Gasteiger partial charge on any atom is -0.307 e. The molecule has 0 spiro atoms. The molecule has 4 aliphatic rings. The first kappa shape index (κ1) is 21.3. The summed E-state index contributed by atoms with van der Waals surface area (Å²) in [5.41, 5.74) is 7.88. The Morgan fingerprint density at radius 1 is 0.964 bits per heavy atom. The minimum atomic E-state index is 0.172. The highest BCUT2D eigenvalue weighted by atomic mass is 32.2. The van der Waals surface area contributed by atoms with Crippen LogP contribution in [0.15, 0.2) is 0 Å². The summed E-state index contributed by atoms with van der Waals surface area (Å²) in [4.78, 5) is 2.56. The lowest BCUT2D eigenvalue weighted by Gasteiger charge is -2.49. The second-order valence-corrected chi connectivity index (χ2v) is 13.4. The zero-order chi connectivity index (χ0) is 20.1. The van der Waals surface area contributed by atoms with Gasteiger partial charge in [-0.3, -0.25) is 4.90 Å². The third-order valence-corrected chi connectivity index (χ3v) is 10.5. The fourth-order valence-electron chi connectivity index (χ4n) is 6.04. The van der Waals surface area contributed by atoms with E-state index in [0.717, 1.165) is 24.0 Å². The van der Waals surface area contributed by atoms with Crippen molar-refractivity contribution < 1.29 is 0 Å². The summed E-state index contributed by atoms with van der Waals surface area (Å²) in [6.07, 6.45) is 7.08. The molecule has 0 aromatic carbocycles. The zero-order valence-corrected chi connectivity index (χ0v) is 19.6. The molecule has 6 atom stereocenters. The molecule has 3 saturated heterocycles. The van der Waals surface area contributed by atoms with Gasteiger partial charge in [0.25, 0.3) is 0 Å². The summed E-state index contributed by atoms with van der Waals surface area (Å²) in [6.45, 7) is 9.32. The van der Waals surface area contributed by atoms with Gasteiger partial charge in [-0.15, -0.1) is 11.8 Å². The second kappa shape index (κ2) is 7.94. The van der Waals surface area contributed by atoms with Crippen LogP contribution in [0.2, 0.25) is 0 Å². The van der Waals surface area contributed by atoms with Crippen LogP contribution in [-0.4, -0.2) is 50.4 Å². The maximum absolute atomic E-state index is 9.29. The maximum Gasteiger partial charge on any atom is 0.122 e. The first-order valence-corrected chi connectivity index (χ1v) is 12.8. The Bertz CT molecular complexity index is 602. The Labute approximate surface area is 179 Å². The Morgan fingerprint density at radius 2 is 1.68 bits per heavy atom. The van der Waals surface area contributed by atoms with E-state index in [1.165, 1.54) is 25.7 Å². The second-order valence-electron chi connectivity index (χ2n) is 10.7. The van der Waals surface area contributed by atoms with Crippen LogP contribution in [0.5, 0.6) is 0 Å². The third kappa shape index (κ3) is 4.53. The molecule has 158 valence electrons. The van der Waals surface area contributed by atoms with Gasteiger partial charge >= 0.3 is 0 Å². The number of rotatable bonds is 3. The van der Waals surface area contributed by atoms with Crippen molar-refractivity contribution >= 4 is 23.5 Å². The van der Waals surface area contributed by atoms with E-state index in [1.807, 2.05) is 0 Å². The van der Waals surface area contributed by atoms with Crippen molar-refractivity contribution in [2.24, 2.45) is 11.8 Å². The molecule has 3 aliphatic heterocycles. The first-order valence-electron chi connectivity index (χ1n) is 10.9. The number of thioether (sulfide) groups is 2. The normalized spacial score (nSPS) is 43.0. The van der Waals surface area contributed by atoms with E-state index in [4.69, 9.17) is 0 Å². The van der Waals surface area contributed by atoms with E-state index in [0.29, 0.717) is 28.1 Å². The van der Waals surface area contributed by atoms with Gasteiger partial charge in [-0.1, -0.05) is 0 Å². The molecular weight excluding hydrogens is 386 g/mol. The number of hydrogen-bond donors (Lipinski definition) is 3. The van der Waals surface area contributed by atoms with Gasteiger partial charge in [-0.2, -0.15) is 17.0 Å². The molecule has 0 aromatic heterocycles. The summed E-state index contributed by atoms with van der Waals surface area (Å²) < 4.78 is 0. The smallest absolute Gasteiger partial charge is 0.122 e. The van der Waals surface area contributed by atoms with Crippen molar-refractivity contribution in [3.63, 3.8) is 0 Å². The number of fused-ring (bicyclic) bond motifs is 1. The molecule has 1 saturated carbocycles. The molecular formula is C21H37N5S2. The molecule has 0 bridgehead atoms. The van der Waals surface area contributed by atoms with E-state index in [-0.39, 0.29) is 11.1 Å². The van der Waals surface area contributed by atoms with Crippen molar-refractivity contribution in [2.75, 3.05) is 7.05 Å². The average molecular weight is 424 g/mol. The highest BCUT2D eigenvalue weighted by Gasteiger charge is 2.46. The fourth-order valence-corrected chi connectivity index (χ4v) is 9.36. The van der Waals surface area contributed by atoms with Crippen LogP contribution in [-0.2, 0) is 0 Å². The summed E-state index contributed by atoms with van der Waals surface area (Å²) in [5.74, 6) is 1.05. The third-order valence-electron chi connectivity index (χ3n) is 7.06. The number of piperidine rings is 1. The van der Waals surface area contributed by atoms with E-state index >= 15 is 0 Å². The molecule has 0 radical (unpaired) electrons. The Kier molecular flexibility index (Phi) is 6.03. The molecule has 6 unspecified atom stereocenters. The highest BCUT2D eigenvalue weighted by Crippen LogP contribution is 2.50. The van der Waals surface area contributed by atoms with Crippen LogP contribution in [0.1, 0.15) is 66.2 Å². The molecule has 1 aliphatic carbocycles. The van der Waals surface area contributed by atoms with Gasteiger partial charge in [0.2, 0.25) is 0 Å². The molecule has 0 amide bonds. The van der Waals surface area contributed by atoms with Crippen molar-refractivity contribution in [3.8, 4) is 6.07 Å². The Balaban J connectivity index is 1.34. The summed E-state index contributed by atoms with van der Waals surface area (Å²) in [6, 6.07) is 3.09. The lowest BCUT2D eigenvalue weighted by molar-refractivity contribution is 0.0687. The van der Waals surface area contributed by atoms with Crippen LogP contribution >= 0.6 is 23.5 Å². The maximum atomic E-state index is 9.29. The number of hydrogen-bond acceptors (Lipinski definition) is 7. The number of hydrazine groups is 1. The monoisotopic (exact) mass is 423 g/mol. The molecule has 0 aromatic rings. The summed E-state index contributed by atoms with van der Waals surface area (Å²) >= 11 is 4.25. The number of nitrogens with one attached hydrogen (secondary N) is 3. The number of nitrogens with zero attached hydrogens (tertiary/aromatic N) is 2. The zero-order valence-electron chi connectivity index (χ0n) is 18.0. The predicted molar refractivity (Wildman–Crippen MR) is 120 cm³/mol. The molecule has 7 heteroatoms. The molecule has 4 rings (SSSR count). The first-order chi connectivity index (χ1) is 13.2. The van der Waals surface area contributed by atoms with Crippen LogP contribution < -0.4 is 16.2 Å². The minimum absolute atomic E-state index is 0.172. The molecule has 3 N–H and O–H groups in total. The van der Waals surface area contributed by atoms with E-state index in [2.05, 4.69) is 85.4 Å². The molecule has 4 fully saturated rings. The van der Waals surface area contributed by atoms with Gasteiger partial charge in [-0.25, -0.2) is 10.9 Å². The van der Waals surface area contributed by atoms with Gasteiger partial charge in [0.05, 0.1) is 11.4 Å². The van der Waals surface area contributed by atoms with Crippen molar-refractivity contribution in [3.05, 3.63) is 0 Å². The van der Waals surface area contributed by atoms with E-state index in [9.17, 15) is 5.26 Å². The SMILES string of the molecule is CN(C1CC(C)(C)NC(C)(C)C1)C1NNC(C2CC3CC(C#N)CCC3S2)S1. The molecule has 5 nitrogen and oxygen atoms in total. The Morgan fingerprint density at radius 3 is 2.36 bits per heavy atom. The topological polar surface area (TPSA) is 63.1 Å². The van der Waals surface area contributed by atoms with Gasteiger partial charge in [0.1, 0.15) is 5.50 Å². The fraction of sp³-hybridized carbons (Fsp3) is 0.952. The average Bonchev–Trinajstić information content (AvgIpc) is 3.24. The van der Waals surface area contributed by atoms with Gasteiger partial charge in [-0.05, 0) is 79.2 Å². The Hall–Kier alpha value is 0.0300. The predicted octanol–water partition coefficient (Wildman–Crippen LogP) is 3.49. The standard InChI is InChI=1S/C21H37N5S2/c1-20(2)10-15(11-21(3,4)25-20)26(5)19-24-23-18(28-19)17-9-14-8-13(12-22)6-7-16(14)27-17/h13-19,23-25H,6-11H2,1-5H3. The highest BCUT2D eigenvalue weighted by molar-refractivity contribution is 8.04. The van der Waals surface area contributed by atoms with Crippen LogP contribution in [0, 0.1) is 23.2 Å². The van der Waals surface area contributed by atoms with Crippen molar-refractivity contribution in [2.45, 2.75) is 105 Å². The number of nitriles is 1. The summed E-state index contributed by atoms with van der Waals surface area (Å²) in [7, 11) is 2.29. The van der Waals surface area contributed by atoms with Crippen LogP contribution in [0.3, 0.4) is 0 Å². The van der Waals surface area contributed by atoms with Crippen LogP contribution in [0.4, 0.5) is 0 Å². The van der Waals surface area contributed by atoms with Crippen LogP contribution in [0.25, 0.3) is 0 Å². The largest absolute Gasteiger partial charge is 0.307 e. The summed E-state index contributed by atoms with van der Waals surface area (Å²) in [5, 5.41) is 15.0. The molecule has 3 heterocycles. The van der Waals surface area contributed by atoms with Crippen molar-refractivity contribution in [1.29, 1.82) is 5.26 Å². The van der Waals surface area contributed by atoms with E-state index in [1.54, 1.807) is 0 Å². The quantitative estimate of drug-likeness (QED) is 0.642. The lowest BCUT2D eigenvalue weighted by Crippen LogP contribution is -2.63. The van der Waals surface area contributed by atoms with Gasteiger partial charge in [0.15, 0.2) is 0 Å². The van der Waals surface area contributed by atoms with Crippen molar-refractivity contribution in [1.82, 2.24) is 21.1 Å². The van der Waals surface area contributed by atoms with E-state index < -0.39 is 0 Å². The van der Waals surface area contributed by atoms with Gasteiger partial charge < -0.3 is 5.32 Å². The van der Waals surface area contributed by atoms with Gasteiger partial charge in [0, 0.05) is 33.5 Å². The molecule has 28 heavy (non-hydrogen) atoms.